The fourth-order valence-corrected chi connectivity index (χ4v) is 3.01. The van der Waals surface area contributed by atoms with Crippen LogP contribution in [-0.4, -0.2) is 14.8 Å². The molecule has 0 radical (unpaired) electrons. The Hall–Kier alpha value is -2.14. The van der Waals surface area contributed by atoms with Gasteiger partial charge in [-0.25, -0.2) is 4.98 Å². The summed E-state index contributed by atoms with van der Waals surface area (Å²) in [4.78, 5) is 4.64. The second-order valence-corrected chi connectivity index (χ2v) is 5.74. The smallest absolute Gasteiger partial charge is 0.183 e. The van der Waals surface area contributed by atoms with Crippen molar-refractivity contribution in [3.8, 4) is 11.3 Å². The van der Waals surface area contributed by atoms with E-state index in [0.717, 1.165) is 35.0 Å². The molecule has 0 bridgehead atoms. The van der Waals surface area contributed by atoms with E-state index in [1.807, 2.05) is 29.9 Å². The number of rotatable bonds is 5. The van der Waals surface area contributed by atoms with E-state index in [-0.39, 0.29) is 0 Å². The molecule has 1 aromatic carbocycles. The zero-order chi connectivity index (χ0) is 14.7. The van der Waals surface area contributed by atoms with Gasteiger partial charge in [-0.05, 0) is 6.42 Å². The summed E-state index contributed by atoms with van der Waals surface area (Å²) >= 11 is 1.63. The van der Waals surface area contributed by atoms with Gasteiger partial charge in [0.15, 0.2) is 5.13 Å². The third kappa shape index (κ3) is 3.13. The Labute approximate surface area is 128 Å². The van der Waals surface area contributed by atoms with Crippen molar-refractivity contribution < 1.29 is 0 Å². The highest BCUT2D eigenvalue weighted by atomic mass is 32.1. The van der Waals surface area contributed by atoms with Crippen LogP contribution < -0.4 is 5.32 Å². The summed E-state index contributed by atoms with van der Waals surface area (Å²) in [5.74, 6) is 0. The minimum absolute atomic E-state index is 0.763. The first-order valence-electron chi connectivity index (χ1n) is 7.02. The number of hydrogen-bond donors (Lipinski definition) is 1. The van der Waals surface area contributed by atoms with Crippen molar-refractivity contribution in [3.05, 3.63) is 53.2 Å². The number of benzene rings is 1. The van der Waals surface area contributed by atoms with Gasteiger partial charge in [-0.2, -0.15) is 5.10 Å². The van der Waals surface area contributed by atoms with Crippen LogP contribution in [0.2, 0.25) is 0 Å². The molecule has 3 rings (SSSR count). The van der Waals surface area contributed by atoms with E-state index in [2.05, 4.69) is 46.0 Å². The molecule has 0 aliphatic rings. The van der Waals surface area contributed by atoms with Crippen molar-refractivity contribution in [2.75, 3.05) is 5.32 Å². The average Bonchev–Trinajstić information content (AvgIpc) is 3.12. The van der Waals surface area contributed by atoms with Gasteiger partial charge in [0.25, 0.3) is 0 Å². The molecule has 2 aromatic heterocycles. The second kappa shape index (κ2) is 6.10. The van der Waals surface area contributed by atoms with Gasteiger partial charge in [-0.3, -0.25) is 4.68 Å². The lowest BCUT2D eigenvalue weighted by atomic mass is 10.2. The number of aryl methyl sites for hydroxylation is 2. The zero-order valence-electron chi connectivity index (χ0n) is 12.2. The number of aromatic nitrogens is 3. The molecular formula is C16H18N4S. The number of thiazole rings is 1. The number of anilines is 1. The molecule has 0 saturated heterocycles. The Bertz CT molecular complexity index is 715. The summed E-state index contributed by atoms with van der Waals surface area (Å²) in [5.41, 5.74) is 4.55. The number of nitrogens with one attached hydrogen (secondary N) is 1. The number of hydrogen-bond acceptors (Lipinski definition) is 4. The van der Waals surface area contributed by atoms with Gasteiger partial charge in [-0.15, -0.1) is 11.3 Å². The van der Waals surface area contributed by atoms with Crippen molar-refractivity contribution in [1.29, 1.82) is 0 Å². The van der Waals surface area contributed by atoms with Gasteiger partial charge in [0.05, 0.1) is 11.4 Å². The third-order valence-electron chi connectivity index (χ3n) is 3.33. The highest BCUT2D eigenvalue weighted by molar-refractivity contribution is 7.14. The molecular weight excluding hydrogens is 280 g/mol. The summed E-state index contributed by atoms with van der Waals surface area (Å²) in [5, 5.41) is 10.9. The SMILES string of the molecule is CCc1nn(C)cc1CNc1nc(-c2ccccc2)cs1. The Morgan fingerprint density at radius 1 is 1.24 bits per heavy atom. The van der Waals surface area contributed by atoms with Gasteiger partial charge >= 0.3 is 0 Å². The van der Waals surface area contributed by atoms with Crippen LogP contribution in [0.5, 0.6) is 0 Å². The predicted molar refractivity (Wildman–Crippen MR) is 87.5 cm³/mol. The molecule has 0 aliphatic carbocycles. The van der Waals surface area contributed by atoms with Crippen molar-refractivity contribution in [2.24, 2.45) is 7.05 Å². The molecule has 0 amide bonds. The first-order chi connectivity index (χ1) is 10.3. The van der Waals surface area contributed by atoms with E-state index < -0.39 is 0 Å². The first kappa shape index (κ1) is 13.8. The molecule has 0 atom stereocenters. The van der Waals surface area contributed by atoms with Crippen LogP contribution in [0.15, 0.2) is 41.9 Å². The summed E-state index contributed by atoms with van der Waals surface area (Å²) < 4.78 is 1.87. The minimum atomic E-state index is 0.763. The maximum atomic E-state index is 4.64. The molecule has 1 N–H and O–H groups in total. The van der Waals surface area contributed by atoms with Gasteiger partial charge in [0.2, 0.25) is 0 Å². The molecule has 0 fully saturated rings. The van der Waals surface area contributed by atoms with E-state index in [1.54, 1.807) is 11.3 Å². The van der Waals surface area contributed by atoms with Crippen LogP contribution >= 0.6 is 11.3 Å². The highest BCUT2D eigenvalue weighted by Crippen LogP contribution is 2.25. The van der Waals surface area contributed by atoms with E-state index in [9.17, 15) is 0 Å². The van der Waals surface area contributed by atoms with Crippen molar-refractivity contribution in [2.45, 2.75) is 19.9 Å². The Balaban J connectivity index is 1.70. The number of nitrogens with zero attached hydrogens (tertiary/aromatic N) is 3. The van der Waals surface area contributed by atoms with E-state index >= 15 is 0 Å². The zero-order valence-corrected chi connectivity index (χ0v) is 13.0. The molecule has 3 aromatic rings. The molecule has 108 valence electrons. The standard InChI is InChI=1S/C16H18N4S/c1-3-14-13(10-20(2)19-14)9-17-16-18-15(11-21-16)12-7-5-4-6-8-12/h4-8,10-11H,3,9H2,1-2H3,(H,17,18). The minimum Gasteiger partial charge on any atom is -0.357 e. The molecule has 21 heavy (non-hydrogen) atoms. The molecule has 0 unspecified atom stereocenters. The van der Waals surface area contributed by atoms with Gasteiger partial charge in [0.1, 0.15) is 0 Å². The van der Waals surface area contributed by atoms with Gasteiger partial charge in [0, 0.05) is 36.3 Å². The normalized spacial score (nSPS) is 10.8. The average molecular weight is 298 g/mol. The molecule has 0 spiro atoms. The maximum absolute atomic E-state index is 4.64. The lowest BCUT2D eigenvalue weighted by molar-refractivity contribution is 0.746. The van der Waals surface area contributed by atoms with E-state index in [4.69, 9.17) is 0 Å². The lowest BCUT2D eigenvalue weighted by Crippen LogP contribution is -2.00. The quantitative estimate of drug-likeness (QED) is 0.780. The largest absolute Gasteiger partial charge is 0.357 e. The Morgan fingerprint density at radius 3 is 2.81 bits per heavy atom. The molecule has 2 heterocycles. The van der Waals surface area contributed by atoms with Gasteiger partial charge < -0.3 is 5.32 Å². The van der Waals surface area contributed by atoms with Crippen LogP contribution in [0.3, 0.4) is 0 Å². The van der Waals surface area contributed by atoms with Crippen LogP contribution in [-0.2, 0) is 20.0 Å². The van der Waals surface area contributed by atoms with Crippen molar-refractivity contribution >= 4 is 16.5 Å². The second-order valence-electron chi connectivity index (χ2n) is 4.89. The monoisotopic (exact) mass is 298 g/mol. The van der Waals surface area contributed by atoms with Crippen LogP contribution in [0.1, 0.15) is 18.2 Å². The van der Waals surface area contributed by atoms with Crippen molar-refractivity contribution in [3.63, 3.8) is 0 Å². The fourth-order valence-electron chi connectivity index (χ4n) is 2.30. The van der Waals surface area contributed by atoms with E-state index in [0.29, 0.717) is 0 Å². The molecule has 0 aliphatic heterocycles. The van der Waals surface area contributed by atoms with Crippen LogP contribution in [0.25, 0.3) is 11.3 Å². The summed E-state index contributed by atoms with van der Waals surface area (Å²) in [6, 6.07) is 10.2. The van der Waals surface area contributed by atoms with E-state index in [1.165, 1.54) is 5.56 Å². The lowest BCUT2D eigenvalue weighted by Gasteiger charge is -2.01. The summed E-state index contributed by atoms with van der Waals surface area (Å²) in [6.45, 7) is 2.89. The molecule has 4 nitrogen and oxygen atoms in total. The molecule has 0 saturated carbocycles. The third-order valence-corrected chi connectivity index (χ3v) is 4.13. The van der Waals surface area contributed by atoms with Crippen LogP contribution in [0.4, 0.5) is 5.13 Å². The Morgan fingerprint density at radius 2 is 2.05 bits per heavy atom. The highest BCUT2D eigenvalue weighted by Gasteiger charge is 2.07. The maximum Gasteiger partial charge on any atom is 0.183 e. The summed E-state index contributed by atoms with van der Waals surface area (Å²) in [6.07, 6.45) is 3.02. The van der Waals surface area contributed by atoms with Crippen LogP contribution in [0, 0.1) is 0 Å². The van der Waals surface area contributed by atoms with Gasteiger partial charge in [-0.1, -0.05) is 37.3 Å². The molecule has 5 heteroatoms. The Kier molecular flexibility index (Phi) is 4.01. The topological polar surface area (TPSA) is 42.7 Å². The predicted octanol–water partition coefficient (Wildman–Crippen LogP) is 3.72. The summed E-state index contributed by atoms with van der Waals surface area (Å²) in [7, 11) is 1.96. The van der Waals surface area contributed by atoms with Crippen molar-refractivity contribution in [1.82, 2.24) is 14.8 Å². The first-order valence-corrected chi connectivity index (χ1v) is 7.90. The fraction of sp³-hybridized carbons (Fsp3) is 0.250.